The molecule has 1 fully saturated rings. The van der Waals surface area contributed by atoms with Gasteiger partial charge in [0, 0.05) is 0 Å². The minimum atomic E-state index is -1.59. The molecular formula is C16H29NO9. The van der Waals surface area contributed by atoms with E-state index in [2.05, 4.69) is 11.9 Å². The van der Waals surface area contributed by atoms with Gasteiger partial charge in [-0.3, -0.25) is 0 Å². The van der Waals surface area contributed by atoms with E-state index in [9.17, 15) is 25.2 Å². The summed E-state index contributed by atoms with van der Waals surface area (Å²) in [6.07, 6.45) is -8.00. The van der Waals surface area contributed by atoms with Crippen molar-refractivity contribution in [1.29, 1.82) is 0 Å². The number of aliphatic hydroxyl groups excluding tert-OH is 5. The summed E-state index contributed by atoms with van der Waals surface area (Å²) < 4.78 is 15.6. The maximum atomic E-state index is 11.9. The second-order valence-corrected chi connectivity index (χ2v) is 7.01. The molecule has 1 amide bonds. The van der Waals surface area contributed by atoms with Crippen molar-refractivity contribution in [2.75, 3.05) is 13.2 Å². The van der Waals surface area contributed by atoms with E-state index in [1.807, 2.05) is 0 Å². The number of hydrogen-bond acceptors (Lipinski definition) is 9. The Morgan fingerprint density at radius 2 is 1.88 bits per heavy atom. The molecule has 1 rings (SSSR count). The first kappa shape index (κ1) is 22.8. The third-order valence-electron chi connectivity index (χ3n) is 3.64. The molecule has 1 saturated heterocycles. The first-order chi connectivity index (χ1) is 12.0. The van der Waals surface area contributed by atoms with E-state index in [4.69, 9.17) is 19.3 Å². The molecule has 0 bridgehead atoms. The van der Waals surface area contributed by atoms with Crippen molar-refractivity contribution in [3.8, 4) is 0 Å². The van der Waals surface area contributed by atoms with Crippen LogP contribution in [0.3, 0.4) is 0 Å². The topological polar surface area (TPSA) is 158 Å². The molecule has 1 aliphatic rings. The van der Waals surface area contributed by atoms with Gasteiger partial charge in [0.2, 0.25) is 0 Å². The van der Waals surface area contributed by atoms with Crippen LogP contribution in [0.25, 0.3) is 0 Å². The number of aliphatic hydroxyl groups is 5. The van der Waals surface area contributed by atoms with Crippen LogP contribution in [0, 0.1) is 0 Å². The molecule has 0 spiro atoms. The second-order valence-electron chi connectivity index (χ2n) is 7.01. The van der Waals surface area contributed by atoms with Crippen molar-refractivity contribution in [3.05, 3.63) is 12.7 Å². The minimum absolute atomic E-state index is 0.324. The summed E-state index contributed by atoms with van der Waals surface area (Å²) in [4.78, 5) is 11.9. The SMILES string of the molecule is C=C[C@@H](O)[C@H](CO[C@@H]1O[C@H](CO)[C@H](O)[C@H](O)[C@H]1O)NC(=O)OC(C)(C)C. The Morgan fingerprint density at radius 1 is 1.27 bits per heavy atom. The van der Waals surface area contributed by atoms with E-state index in [0.29, 0.717) is 0 Å². The second kappa shape index (κ2) is 9.60. The third-order valence-corrected chi connectivity index (χ3v) is 3.64. The molecular weight excluding hydrogens is 350 g/mol. The highest BCUT2D eigenvalue weighted by Gasteiger charge is 2.44. The molecule has 1 aliphatic heterocycles. The lowest BCUT2D eigenvalue weighted by Crippen LogP contribution is -2.60. The van der Waals surface area contributed by atoms with E-state index >= 15 is 0 Å². The largest absolute Gasteiger partial charge is 0.444 e. The van der Waals surface area contributed by atoms with Crippen molar-refractivity contribution >= 4 is 6.09 Å². The number of ether oxygens (including phenoxy) is 3. The van der Waals surface area contributed by atoms with Crippen molar-refractivity contribution < 1.29 is 44.5 Å². The van der Waals surface area contributed by atoms with Gasteiger partial charge in [-0.15, -0.1) is 6.58 Å². The normalized spacial score (nSPS) is 31.8. The summed E-state index contributed by atoms with van der Waals surface area (Å²) in [5.74, 6) is 0. The van der Waals surface area contributed by atoms with Crippen LogP contribution in [0.2, 0.25) is 0 Å². The van der Waals surface area contributed by atoms with Gasteiger partial charge in [-0.25, -0.2) is 4.79 Å². The molecule has 0 aromatic rings. The van der Waals surface area contributed by atoms with Crippen molar-refractivity contribution in [3.63, 3.8) is 0 Å². The number of hydrogen-bond donors (Lipinski definition) is 6. The summed E-state index contributed by atoms with van der Waals surface area (Å²) in [6.45, 7) is 7.54. The quantitative estimate of drug-likeness (QED) is 0.282. The lowest BCUT2D eigenvalue weighted by molar-refractivity contribution is -0.302. The van der Waals surface area contributed by atoms with Gasteiger partial charge in [-0.2, -0.15) is 0 Å². The van der Waals surface area contributed by atoms with E-state index < -0.39 is 61.2 Å². The molecule has 7 atom stereocenters. The maximum Gasteiger partial charge on any atom is 0.408 e. The molecule has 0 radical (unpaired) electrons. The predicted octanol–water partition coefficient (Wildman–Crippen LogP) is -1.76. The molecule has 0 unspecified atom stereocenters. The third kappa shape index (κ3) is 6.47. The van der Waals surface area contributed by atoms with Crippen LogP contribution in [0.5, 0.6) is 0 Å². The van der Waals surface area contributed by atoms with Crippen LogP contribution in [0.15, 0.2) is 12.7 Å². The van der Waals surface area contributed by atoms with Crippen molar-refractivity contribution in [2.24, 2.45) is 0 Å². The van der Waals surface area contributed by atoms with Crippen LogP contribution in [0.4, 0.5) is 4.79 Å². The highest BCUT2D eigenvalue weighted by molar-refractivity contribution is 5.68. The van der Waals surface area contributed by atoms with E-state index in [0.717, 1.165) is 0 Å². The Bertz CT molecular complexity index is 465. The summed E-state index contributed by atoms with van der Waals surface area (Å²) in [7, 11) is 0. The lowest BCUT2D eigenvalue weighted by Gasteiger charge is -2.40. The first-order valence-corrected chi connectivity index (χ1v) is 8.22. The number of rotatable bonds is 7. The Labute approximate surface area is 152 Å². The van der Waals surface area contributed by atoms with Crippen LogP contribution in [-0.2, 0) is 14.2 Å². The Morgan fingerprint density at radius 3 is 2.38 bits per heavy atom. The van der Waals surface area contributed by atoms with Gasteiger partial charge in [0.05, 0.1) is 25.4 Å². The fourth-order valence-electron chi connectivity index (χ4n) is 2.25. The monoisotopic (exact) mass is 379 g/mol. The molecule has 1 heterocycles. The average molecular weight is 379 g/mol. The molecule has 0 saturated carbocycles. The van der Waals surface area contributed by atoms with Crippen molar-refractivity contribution in [1.82, 2.24) is 5.32 Å². The van der Waals surface area contributed by atoms with Gasteiger partial charge in [-0.05, 0) is 20.8 Å². The van der Waals surface area contributed by atoms with Gasteiger partial charge < -0.3 is 45.1 Å². The van der Waals surface area contributed by atoms with Gasteiger partial charge >= 0.3 is 6.09 Å². The van der Waals surface area contributed by atoms with Gasteiger partial charge in [0.25, 0.3) is 0 Å². The van der Waals surface area contributed by atoms with Gasteiger partial charge in [0.1, 0.15) is 30.0 Å². The number of alkyl carbamates (subject to hydrolysis) is 1. The molecule has 10 heteroatoms. The Hall–Kier alpha value is -1.27. The number of nitrogens with one attached hydrogen (secondary N) is 1. The Balaban J connectivity index is 2.71. The van der Waals surface area contributed by atoms with Crippen LogP contribution in [0.1, 0.15) is 20.8 Å². The van der Waals surface area contributed by atoms with Crippen molar-refractivity contribution in [2.45, 2.75) is 69.2 Å². The molecule has 6 N–H and O–H groups in total. The van der Waals surface area contributed by atoms with Gasteiger partial charge in [-0.1, -0.05) is 6.08 Å². The molecule has 26 heavy (non-hydrogen) atoms. The standard InChI is InChI=1S/C16H29NO9/c1-5-9(19)8(17-15(23)26-16(2,3)4)7-24-14-13(22)12(21)11(20)10(6-18)25-14/h5,8-14,18-22H,1,6-7H2,2-4H3,(H,17,23)/t8-,9+,10+,11-,12-,13+,14+/m0/s1. The van der Waals surface area contributed by atoms with Crippen LogP contribution < -0.4 is 5.32 Å². The maximum absolute atomic E-state index is 11.9. The fraction of sp³-hybridized carbons (Fsp3) is 0.812. The summed E-state index contributed by atoms with van der Waals surface area (Å²) in [5, 5.41) is 50.9. The molecule has 0 aromatic carbocycles. The fourth-order valence-corrected chi connectivity index (χ4v) is 2.25. The highest BCUT2D eigenvalue weighted by atomic mass is 16.7. The highest BCUT2D eigenvalue weighted by Crippen LogP contribution is 2.22. The molecule has 0 aromatic heterocycles. The zero-order valence-electron chi connectivity index (χ0n) is 15.1. The minimum Gasteiger partial charge on any atom is -0.444 e. The smallest absolute Gasteiger partial charge is 0.408 e. The molecule has 152 valence electrons. The predicted molar refractivity (Wildman–Crippen MR) is 89.1 cm³/mol. The molecule has 10 nitrogen and oxygen atoms in total. The summed E-state index contributed by atoms with van der Waals surface area (Å²) in [5.41, 5.74) is -0.744. The number of carbonyl (C=O) groups is 1. The average Bonchev–Trinajstić information content (AvgIpc) is 2.55. The first-order valence-electron chi connectivity index (χ1n) is 8.22. The van der Waals surface area contributed by atoms with Gasteiger partial charge in [0.15, 0.2) is 6.29 Å². The molecule has 0 aliphatic carbocycles. The van der Waals surface area contributed by atoms with E-state index in [1.54, 1.807) is 20.8 Å². The zero-order chi connectivity index (χ0) is 20.1. The van der Waals surface area contributed by atoms with Crippen LogP contribution >= 0.6 is 0 Å². The summed E-state index contributed by atoms with van der Waals surface area (Å²) >= 11 is 0. The summed E-state index contributed by atoms with van der Waals surface area (Å²) in [6, 6.07) is -0.977. The lowest BCUT2D eigenvalue weighted by atomic mass is 9.99. The number of carbonyl (C=O) groups excluding carboxylic acids is 1. The Kier molecular flexibility index (Phi) is 8.41. The van der Waals surface area contributed by atoms with E-state index in [1.165, 1.54) is 6.08 Å². The van der Waals surface area contributed by atoms with E-state index in [-0.39, 0.29) is 6.61 Å². The van der Waals surface area contributed by atoms with Crippen LogP contribution in [-0.4, -0.2) is 93.3 Å². The number of amides is 1. The zero-order valence-corrected chi connectivity index (χ0v) is 15.1.